The summed E-state index contributed by atoms with van der Waals surface area (Å²) in [7, 11) is 0. The van der Waals surface area contributed by atoms with Gasteiger partial charge in [0.15, 0.2) is 11.5 Å². The molecule has 7 nitrogen and oxygen atoms in total. The second-order valence-corrected chi connectivity index (χ2v) is 7.92. The number of nitrogens with one attached hydrogen (secondary N) is 2. The van der Waals surface area contributed by atoms with Crippen LogP contribution in [0.4, 0.5) is 0 Å². The fourth-order valence-electron chi connectivity index (χ4n) is 2.23. The largest absolute Gasteiger partial charge is 0.492 e. The molecule has 1 atom stereocenters. The highest BCUT2D eigenvalue weighted by atomic mass is 79.9. The lowest BCUT2D eigenvalue weighted by Crippen LogP contribution is -2.45. The van der Waals surface area contributed by atoms with E-state index >= 15 is 0 Å². The molecule has 0 radical (unpaired) electrons. The van der Waals surface area contributed by atoms with Crippen molar-refractivity contribution in [1.82, 2.24) is 10.6 Å². The third-order valence-electron chi connectivity index (χ3n) is 3.55. The Balaban J connectivity index is 1.38. The van der Waals surface area contributed by atoms with Crippen molar-refractivity contribution in [3.63, 3.8) is 0 Å². The van der Waals surface area contributed by atoms with Crippen LogP contribution >= 0.6 is 27.3 Å². The quantitative estimate of drug-likeness (QED) is 0.646. The van der Waals surface area contributed by atoms with Gasteiger partial charge in [-0.1, -0.05) is 0 Å². The first-order chi connectivity index (χ1) is 12.5. The maximum atomic E-state index is 12.1. The van der Waals surface area contributed by atoms with E-state index in [1.54, 1.807) is 37.3 Å². The van der Waals surface area contributed by atoms with Crippen LogP contribution in [-0.2, 0) is 4.79 Å². The first-order valence-electron chi connectivity index (χ1n) is 7.89. The molecule has 2 amide bonds. The smallest absolute Gasteiger partial charge is 0.262 e. The summed E-state index contributed by atoms with van der Waals surface area (Å²) in [5.41, 5.74) is 0. The fraction of sp³-hybridized carbons (Fsp3) is 0.294. The van der Waals surface area contributed by atoms with Gasteiger partial charge in [0.1, 0.15) is 18.4 Å². The number of benzene rings is 1. The van der Waals surface area contributed by atoms with Gasteiger partial charge >= 0.3 is 0 Å². The predicted molar refractivity (Wildman–Crippen MR) is 100 cm³/mol. The van der Waals surface area contributed by atoms with Gasteiger partial charge in [0.25, 0.3) is 5.91 Å². The Hall–Kier alpha value is -2.26. The SMILES string of the molecule is CC(NC(=O)c1ccc(Br)s1)C(=O)NCCOc1ccc2c(c1)OCO2. The van der Waals surface area contributed by atoms with Gasteiger partial charge in [-0.25, -0.2) is 0 Å². The van der Waals surface area contributed by atoms with Crippen molar-refractivity contribution in [2.24, 2.45) is 0 Å². The minimum atomic E-state index is -0.645. The molecular formula is C17H17BrN2O5S. The fourth-order valence-corrected chi connectivity index (χ4v) is 3.52. The van der Waals surface area contributed by atoms with Crippen LogP contribution < -0.4 is 24.8 Å². The minimum Gasteiger partial charge on any atom is -0.492 e. The number of hydrogen-bond donors (Lipinski definition) is 2. The molecule has 1 aliphatic rings. The van der Waals surface area contributed by atoms with Crippen molar-refractivity contribution in [3.05, 3.63) is 39.0 Å². The molecule has 9 heteroatoms. The predicted octanol–water partition coefficient (Wildman–Crippen LogP) is 2.55. The zero-order chi connectivity index (χ0) is 18.5. The summed E-state index contributed by atoms with van der Waals surface area (Å²) >= 11 is 4.61. The molecule has 2 N–H and O–H groups in total. The van der Waals surface area contributed by atoms with E-state index in [-0.39, 0.29) is 18.6 Å². The van der Waals surface area contributed by atoms with Gasteiger partial charge in [0.05, 0.1) is 15.2 Å². The molecule has 26 heavy (non-hydrogen) atoms. The van der Waals surface area contributed by atoms with Gasteiger partial charge in [0, 0.05) is 6.07 Å². The Morgan fingerprint density at radius 2 is 2.08 bits per heavy atom. The van der Waals surface area contributed by atoms with E-state index in [0.717, 1.165) is 3.79 Å². The summed E-state index contributed by atoms with van der Waals surface area (Å²) < 4.78 is 16.9. The van der Waals surface area contributed by atoms with Gasteiger partial charge in [-0.3, -0.25) is 9.59 Å². The third kappa shape index (κ3) is 4.67. The summed E-state index contributed by atoms with van der Waals surface area (Å²) in [6, 6.07) is 8.14. The van der Waals surface area contributed by atoms with E-state index in [0.29, 0.717) is 35.3 Å². The first-order valence-corrected chi connectivity index (χ1v) is 9.50. The molecule has 0 bridgehead atoms. The average molecular weight is 441 g/mol. The Kier molecular flexibility index (Phi) is 6.00. The normalized spacial score (nSPS) is 13.2. The molecule has 2 aromatic rings. The second-order valence-electron chi connectivity index (χ2n) is 5.45. The van der Waals surface area contributed by atoms with Crippen molar-refractivity contribution in [1.29, 1.82) is 0 Å². The summed E-state index contributed by atoms with van der Waals surface area (Å²) in [6.45, 7) is 2.46. The lowest BCUT2D eigenvalue weighted by molar-refractivity contribution is -0.122. The molecule has 0 saturated carbocycles. The van der Waals surface area contributed by atoms with Crippen LogP contribution in [0.3, 0.4) is 0 Å². The number of halogens is 1. The van der Waals surface area contributed by atoms with Gasteiger partial charge in [-0.05, 0) is 47.1 Å². The van der Waals surface area contributed by atoms with E-state index in [9.17, 15) is 9.59 Å². The Morgan fingerprint density at radius 3 is 2.85 bits per heavy atom. The molecule has 0 spiro atoms. The molecule has 1 unspecified atom stereocenters. The van der Waals surface area contributed by atoms with Crippen LogP contribution in [0.25, 0.3) is 0 Å². The van der Waals surface area contributed by atoms with Crippen molar-refractivity contribution in [3.8, 4) is 17.2 Å². The van der Waals surface area contributed by atoms with Crippen LogP contribution in [0.5, 0.6) is 17.2 Å². The number of ether oxygens (including phenoxy) is 3. The van der Waals surface area contributed by atoms with E-state index in [2.05, 4.69) is 26.6 Å². The van der Waals surface area contributed by atoms with Gasteiger partial charge in [-0.15, -0.1) is 11.3 Å². The summed E-state index contributed by atoms with van der Waals surface area (Å²) in [5.74, 6) is 1.41. The maximum Gasteiger partial charge on any atom is 0.262 e. The summed E-state index contributed by atoms with van der Waals surface area (Å²) in [5, 5.41) is 5.39. The Morgan fingerprint density at radius 1 is 1.27 bits per heavy atom. The molecule has 1 aromatic carbocycles. The van der Waals surface area contributed by atoms with E-state index in [1.165, 1.54) is 11.3 Å². The lowest BCUT2D eigenvalue weighted by Gasteiger charge is -2.14. The molecule has 1 aliphatic heterocycles. The number of hydrogen-bond acceptors (Lipinski definition) is 6. The van der Waals surface area contributed by atoms with E-state index < -0.39 is 6.04 Å². The average Bonchev–Trinajstić information content (AvgIpc) is 3.26. The molecule has 0 aliphatic carbocycles. The first kappa shape index (κ1) is 18.5. The molecule has 0 saturated heterocycles. The maximum absolute atomic E-state index is 12.1. The molecule has 138 valence electrons. The van der Waals surface area contributed by atoms with Crippen LogP contribution in [0.15, 0.2) is 34.1 Å². The van der Waals surface area contributed by atoms with Crippen molar-refractivity contribution >= 4 is 39.1 Å². The van der Waals surface area contributed by atoms with Crippen LogP contribution in [0.2, 0.25) is 0 Å². The lowest BCUT2D eigenvalue weighted by atomic mass is 10.3. The molecule has 3 rings (SSSR count). The Bertz CT molecular complexity index is 810. The van der Waals surface area contributed by atoms with Crippen LogP contribution in [0, 0.1) is 0 Å². The Labute approximate surface area is 162 Å². The highest BCUT2D eigenvalue weighted by molar-refractivity contribution is 9.11. The van der Waals surface area contributed by atoms with Gasteiger partial charge < -0.3 is 24.8 Å². The number of rotatable bonds is 7. The zero-order valence-electron chi connectivity index (χ0n) is 13.9. The van der Waals surface area contributed by atoms with E-state index in [1.807, 2.05) is 0 Å². The standard InChI is InChI=1S/C17H17BrN2O5S/c1-10(20-17(22)14-4-5-15(18)26-14)16(21)19-6-7-23-11-2-3-12-13(8-11)25-9-24-12/h2-5,8,10H,6-7,9H2,1H3,(H,19,21)(H,20,22). The molecule has 0 fully saturated rings. The number of carbonyl (C=O) groups excluding carboxylic acids is 2. The summed E-state index contributed by atoms with van der Waals surface area (Å²) in [6.07, 6.45) is 0. The topological polar surface area (TPSA) is 85.9 Å². The molecule has 1 aromatic heterocycles. The number of thiophene rings is 1. The van der Waals surface area contributed by atoms with Crippen LogP contribution in [0.1, 0.15) is 16.6 Å². The van der Waals surface area contributed by atoms with Gasteiger partial charge in [-0.2, -0.15) is 0 Å². The highest BCUT2D eigenvalue weighted by Gasteiger charge is 2.17. The van der Waals surface area contributed by atoms with E-state index in [4.69, 9.17) is 14.2 Å². The van der Waals surface area contributed by atoms with Crippen molar-refractivity contribution in [2.45, 2.75) is 13.0 Å². The number of amides is 2. The van der Waals surface area contributed by atoms with Crippen LogP contribution in [-0.4, -0.2) is 37.8 Å². The molecular weight excluding hydrogens is 424 g/mol. The number of fused-ring (bicyclic) bond motifs is 1. The monoisotopic (exact) mass is 440 g/mol. The second kappa shape index (κ2) is 8.41. The third-order valence-corrected chi connectivity index (χ3v) is 5.17. The number of carbonyl (C=O) groups is 2. The highest BCUT2D eigenvalue weighted by Crippen LogP contribution is 2.34. The zero-order valence-corrected chi connectivity index (χ0v) is 16.3. The van der Waals surface area contributed by atoms with Gasteiger partial charge in [0.2, 0.25) is 12.7 Å². The molecule has 2 heterocycles. The summed E-state index contributed by atoms with van der Waals surface area (Å²) in [4.78, 5) is 24.6. The minimum absolute atomic E-state index is 0.209. The van der Waals surface area contributed by atoms with Crippen molar-refractivity contribution < 1.29 is 23.8 Å². The van der Waals surface area contributed by atoms with Crippen molar-refractivity contribution in [2.75, 3.05) is 19.9 Å².